The number of rotatable bonds is 7. The van der Waals surface area contributed by atoms with Crippen molar-refractivity contribution in [3.05, 3.63) is 0 Å². The van der Waals surface area contributed by atoms with Crippen molar-refractivity contribution in [1.82, 2.24) is 4.90 Å². The third-order valence-corrected chi connectivity index (χ3v) is 3.73. The molecule has 1 rings (SSSR count). The summed E-state index contributed by atoms with van der Waals surface area (Å²) in [5, 5.41) is 0. The first kappa shape index (κ1) is 14.9. The lowest BCUT2D eigenvalue weighted by atomic mass is 9.92. The molecule has 0 aliphatic carbocycles. The summed E-state index contributed by atoms with van der Waals surface area (Å²) in [6, 6.07) is 0.576. The summed E-state index contributed by atoms with van der Waals surface area (Å²) in [6.07, 6.45) is 3.72. The number of nitrogens with zero attached hydrogens (tertiary/aromatic N) is 1. The molecule has 2 atom stereocenters. The van der Waals surface area contributed by atoms with E-state index in [1.54, 1.807) is 0 Å². The first-order chi connectivity index (χ1) is 8.13. The second kappa shape index (κ2) is 8.06. The van der Waals surface area contributed by atoms with Crippen LogP contribution in [-0.4, -0.2) is 43.8 Å². The SMILES string of the molecule is CC(C)CCOCCN1CCC(C)CC1CN. The van der Waals surface area contributed by atoms with Crippen LogP contribution in [0.4, 0.5) is 0 Å². The van der Waals surface area contributed by atoms with E-state index < -0.39 is 0 Å². The topological polar surface area (TPSA) is 38.5 Å². The van der Waals surface area contributed by atoms with Gasteiger partial charge < -0.3 is 10.5 Å². The number of hydrogen-bond donors (Lipinski definition) is 1. The van der Waals surface area contributed by atoms with Gasteiger partial charge in [-0.05, 0) is 37.6 Å². The van der Waals surface area contributed by atoms with Gasteiger partial charge >= 0.3 is 0 Å². The van der Waals surface area contributed by atoms with Crippen molar-refractivity contribution < 1.29 is 4.74 Å². The Balaban J connectivity index is 2.12. The van der Waals surface area contributed by atoms with Crippen molar-refractivity contribution in [2.24, 2.45) is 17.6 Å². The maximum absolute atomic E-state index is 5.84. The molecule has 0 amide bonds. The highest BCUT2D eigenvalue weighted by molar-refractivity contribution is 4.80. The Morgan fingerprint density at radius 1 is 1.35 bits per heavy atom. The highest BCUT2D eigenvalue weighted by Gasteiger charge is 2.24. The molecule has 2 unspecified atom stereocenters. The van der Waals surface area contributed by atoms with Gasteiger partial charge in [-0.1, -0.05) is 20.8 Å². The molecule has 102 valence electrons. The maximum Gasteiger partial charge on any atom is 0.0593 e. The molecule has 0 aromatic carbocycles. The van der Waals surface area contributed by atoms with Crippen LogP contribution in [-0.2, 0) is 4.74 Å². The van der Waals surface area contributed by atoms with Gasteiger partial charge in [-0.2, -0.15) is 0 Å². The Labute approximate surface area is 107 Å². The lowest BCUT2D eigenvalue weighted by Gasteiger charge is -2.37. The largest absolute Gasteiger partial charge is 0.380 e. The van der Waals surface area contributed by atoms with Crippen LogP contribution in [0.3, 0.4) is 0 Å². The van der Waals surface area contributed by atoms with Crippen molar-refractivity contribution in [3.63, 3.8) is 0 Å². The summed E-state index contributed by atoms with van der Waals surface area (Å²) < 4.78 is 5.68. The van der Waals surface area contributed by atoms with E-state index in [9.17, 15) is 0 Å². The smallest absolute Gasteiger partial charge is 0.0593 e. The van der Waals surface area contributed by atoms with E-state index in [-0.39, 0.29) is 0 Å². The number of piperidine rings is 1. The van der Waals surface area contributed by atoms with Crippen LogP contribution in [0.2, 0.25) is 0 Å². The molecule has 1 fully saturated rings. The van der Waals surface area contributed by atoms with Gasteiger partial charge in [0.25, 0.3) is 0 Å². The van der Waals surface area contributed by atoms with Gasteiger partial charge in [0.1, 0.15) is 0 Å². The monoisotopic (exact) mass is 242 g/mol. The van der Waals surface area contributed by atoms with Crippen molar-refractivity contribution >= 4 is 0 Å². The summed E-state index contributed by atoms with van der Waals surface area (Å²) in [6.45, 7) is 11.6. The minimum absolute atomic E-state index is 0.576. The van der Waals surface area contributed by atoms with E-state index in [2.05, 4.69) is 25.7 Å². The lowest BCUT2D eigenvalue weighted by molar-refractivity contribution is 0.0591. The molecule has 1 saturated heterocycles. The van der Waals surface area contributed by atoms with E-state index >= 15 is 0 Å². The minimum Gasteiger partial charge on any atom is -0.380 e. The van der Waals surface area contributed by atoms with E-state index in [4.69, 9.17) is 10.5 Å². The standard InChI is InChI=1S/C14H30N2O/c1-12(2)5-8-17-9-7-16-6-4-13(3)10-14(16)11-15/h12-14H,4-11,15H2,1-3H3. The molecule has 17 heavy (non-hydrogen) atoms. The van der Waals surface area contributed by atoms with Gasteiger partial charge in [0, 0.05) is 25.7 Å². The number of ether oxygens (including phenoxy) is 1. The first-order valence-electron chi connectivity index (χ1n) is 7.15. The number of nitrogens with two attached hydrogens (primary N) is 1. The van der Waals surface area contributed by atoms with E-state index in [1.807, 2.05) is 0 Å². The van der Waals surface area contributed by atoms with Crippen LogP contribution in [0.15, 0.2) is 0 Å². The van der Waals surface area contributed by atoms with Crippen molar-refractivity contribution in [2.75, 3.05) is 32.8 Å². The number of likely N-dealkylation sites (tertiary alicyclic amines) is 1. The van der Waals surface area contributed by atoms with Gasteiger partial charge in [-0.15, -0.1) is 0 Å². The van der Waals surface area contributed by atoms with E-state index in [0.29, 0.717) is 6.04 Å². The molecular formula is C14H30N2O. The zero-order chi connectivity index (χ0) is 12.7. The molecule has 0 spiro atoms. The van der Waals surface area contributed by atoms with Gasteiger partial charge in [0.05, 0.1) is 6.61 Å². The van der Waals surface area contributed by atoms with Crippen LogP contribution >= 0.6 is 0 Å². The van der Waals surface area contributed by atoms with Crippen molar-refractivity contribution in [2.45, 2.75) is 46.1 Å². The molecule has 1 aliphatic heterocycles. The molecule has 0 radical (unpaired) electrons. The highest BCUT2D eigenvalue weighted by Crippen LogP contribution is 2.21. The summed E-state index contributed by atoms with van der Waals surface area (Å²) >= 11 is 0. The first-order valence-corrected chi connectivity index (χ1v) is 7.15. The normalized spacial score (nSPS) is 26.6. The maximum atomic E-state index is 5.84. The van der Waals surface area contributed by atoms with Gasteiger partial charge in [-0.25, -0.2) is 0 Å². The zero-order valence-electron chi connectivity index (χ0n) is 11.8. The second-order valence-corrected chi connectivity index (χ2v) is 5.85. The fourth-order valence-electron chi connectivity index (χ4n) is 2.44. The third kappa shape index (κ3) is 5.84. The zero-order valence-corrected chi connectivity index (χ0v) is 11.8. The Kier molecular flexibility index (Phi) is 7.09. The van der Waals surface area contributed by atoms with Crippen LogP contribution in [0.1, 0.15) is 40.0 Å². The second-order valence-electron chi connectivity index (χ2n) is 5.85. The Bertz CT molecular complexity index is 197. The summed E-state index contributed by atoms with van der Waals surface area (Å²) in [5.41, 5.74) is 5.84. The lowest BCUT2D eigenvalue weighted by Crippen LogP contribution is -2.47. The predicted octanol–water partition coefficient (Wildman–Crippen LogP) is 2.11. The molecule has 0 aromatic heterocycles. The minimum atomic E-state index is 0.576. The molecule has 0 aromatic rings. The van der Waals surface area contributed by atoms with Crippen LogP contribution < -0.4 is 5.73 Å². The molecule has 0 bridgehead atoms. The molecule has 3 nitrogen and oxygen atoms in total. The number of hydrogen-bond acceptors (Lipinski definition) is 3. The molecule has 1 aliphatic rings. The Morgan fingerprint density at radius 2 is 2.12 bits per heavy atom. The van der Waals surface area contributed by atoms with Crippen LogP contribution in [0.25, 0.3) is 0 Å². The predicted molar refractivity (Wildman–Crippen MR) is 73.1 cm³/mol. The third-order valence-electron chi connectivity index (χ3n) is 3.73. The van der Waals surface area contributed by atoms with E-state index in [0.717, 1.165) is 44.6 Å². The van der Waals surface area contributed by atoms with Crippen LogP contribution in [0.5, 0.6) is 0 Å². The molecular weight excluding hydrogens is 212 g/mol. The van der Waals surface area contributed by atoms with E-state index in [1.165, 1.54) is 19.4 Å². The van der Waals surface area contributed by atoms with Gasteiger partial charge in [0.2, 0.25) is 0 Å². The summed E-state index contributed by atoms with van der Waals surface area (Å²) in [4.78, 5) is 2.51. The molecule has 0 saturated carbocycles. The summed E-state index contributed by atoms with van der Waals surface area (Å²) in [5.74, 6) is 1.57. The fourth-order valence-corrected chi connectivity index (χ4v) is 2.44. The van der Waals surface area contributed by atoms with Crippen molar-refractivity contribution in [3.8, 4) is 0 Å². The molecule has 3 heteroatoms. The summed E-state index contributed by atoms with van der Waals surface area (Å²) in [7, 11) is 0. The Hall–Kier alpha value is -0.120. The molecule has 1 heterocycles. The average molecular weight is 242 g/mol. The highest BCUT2D eigenvalue weighted by atomic mass is 16.5. The quantitative estimate of drug-likeness (QED) is 0.695. The van der Waals surface area contributed by atoms with Gasteiger partial charge in [0.15, 0.2) is 0 Å². The molecule has 2 N–H and O–H groups in total. The average Bonchev–Trinajstić information content (AvgIpc) is 2.29. The fraction of sp³-hybridized carbons (Fsp3) is 1.00. The van der Waals surface area contributed by atoms with Crippen molar-refractivity contribution in [1.29, 1.82) is 0 Å². The van der Waals surface area contributed by atoms with Gasteiger partial charge in [-0.3, -0.25) is 4.90 Å². The van der Waals surface area contributed by atoms with Crippen LogP contribution in [0, 0.1) is 11.8 Å². The Morgan fingerprint density at radius 3 is 2.76 bits per heavy atom.